The van der Waals surface area contributed by atoms with Crippen molar-refractivity contribution in [1.82, 2.24) is 0 Å². The summed E-state index contributed by atoms with van der Waals surface area (Å²) in [5.41, 5.74) is -1.79. The summed E-state index contributed by atoms with van der Waals surface area (Å²) < 4.78 is 56.0. The van der Waals surface area contributed by atoms with E-state index in [0.29, 0.717) is 6.42 Å². The van der Waals surface area contributed by atoms with Gasteiger partial charge >= 0.3 is 0 Å². The molecule has 4 atom stereocenters. The van der Waals surface area contributed by atoms with Crippen LogP contribution in [0.4, 0.5) is 8.78 Å². The number of hydrogen-bond donors (Lipinski definition) is 0. The molecular weight excluding hydrogens is 318 g/mol. The fourth-order valence-electron chi connectivity index (χ4n) is 5.25. The van der Waals surface area contributed by atoms with Crippen LogP contribution in [0.5, 0.6) is 0 Å². The zero-order chi connectivity index (χ0) is 16.8. The summed E-state index contributed by atoms with van der Waals surface area (Å²) in [6.07, 6.45) is 4.17. The van der Waals surface area contributed by atoms with Crippen molar-refractivity contribution in [2.45, 2.75) is 43.3 Å². The molecule has 2 saturated carbocycles. The standard InChI is InChI=1S/C18H20F2O2S/c1-11-4-8-14(9-5-11)23(21,22)15-12-6-7-13(10-12)17(15)16(2,3)18(17,19)20/h4-9,12-13,15H,10H2,1-3H3/t12-,13+,15-,17+/m1/s1. The second kappa shape index (κ2) is 4.05. The first kappa shape index (κ1) is 15.3. The van der Waals surface area contributed by atoms with E-state index in [-0.39, 0.29) is 16.7 Å². The molecule has 0 N–H and O–H groups in total. The molecule has 3 aliphatic carbocycles. The van der Waals surface area contributed by atoms with Crippen LogP contribution >= 0.6 is 0 Å². The summed E-state index contributed by atoms with van der Waals surface area (Å²) in [7, 11) is -3.80. The SMILES string of the molecule is Cc1ccc(S(=O)(=O)[C@@H]2[C@@H]3C=C[C@@H](C3)[C@@]23C(C)(C)C3(F)F)cc1. The minimum absolute atomic E-state index is 0.159. The molecule has 0 aromatic heterocycles. The lowest BCUT2D eigenvalue weighted by Crippen LogP contribution is -2.39. The van der Waals surface area contributed by atoms with Gasteiger partial charge in [-0.3, -0.25) is 0 Å². The van der Waals surface area contributed by atoms with Gasteiger partial charge in [-0.1, -0.05) is 43.7 Å². The van der Waals surface area contributed by atoms with E-state index in [0.717, 1.165) is 5.56 Å². The van der Waals surface area contributed by atoms with Crippen LogP contribution in [-0.2, 0) is 9.84 Å². The van der Waals surface area contributed by atoms with Crippen molar-refractivity contribution in [2.75, 3.05) is 0 Å². The third kappa shape index (κ3) is 1.46. The van der Waals surface area contributed by atoms with Crippen LogP contribution in [0.2, 0.25) is 0 Å². The normalized spacial score (nSPS) is 39.1. The van der Waals surface area contributed by atoms with E-state index in [1.807, 2.05) is 19.1 Å². The van der Waals surface area contributed by atoms with Gasteiger partial charge < -0.3 is 0 Å². The Morgan fingerprint density at radius 3 is 2.17 bits per heavy atom. The molecule has 2 nitrogen and oxygen atoms in total. The van der Waals surface area contributed by atoms with Crippen molar-refractivity contribution in [2.24, 2.45) is 22.7 Å². The molecule has 1 aromatic rings. The van der Waals surface area contributed by atoms with Gasteiger partial charge in [0.15, 0.2) is 9.84 Å². The molecule has 124 valence electrons. The Balaban J connectivity index is 1.88. The van der Waals surface area contributed by atoms with Crippen LogP contribution in [-0.4, -0.2) is 19.6 Å². The van der Waals surface area contributed by atoms with E-state index < -0.39 is 31.8 Å². The first-order chi connectivity index (χ1) is 10.6. The van der Waals surface area contributed by atoms with Gasteiger partial charge in [-0.2, -0.15) is 0 Å². The fraction of sp³-hybridized carbons (Fsp3) is 0.556. The van der Waals surface area contributed by atoms with Gasteiger partial charge in [-0.25, -0.2) is 17.2 Å². The maximum absolute atomic E-state index is 14.8. The van der Waals surface area contributed by atoms with E-state index in [1.54, 1.807) is 24.3 Å². The minimum atomic E-state index is -3.80. The lowest BCUT2D eigenvalue weighted by Gasteiger charge is -2.30. The molecule has 0 unspecified atom stereocenters. The average Bonchev–Trinajstić information content (AvgIpc) is 2.95. The van der Waals surface area contributed by atoms with Gasteiger partial charge in [0.25, 0.3) is 5.92 Å². The summed E-state index contributed by atoms with van der Waals surface area (Å²) >= 11 is 0. The zero-order valence-electron chi connectivity index (χ0n) is 13.4. The third-order valence-electron chi connectivity index (χ3n) is 6.50. The predicted molar refractivity (Wildman–Crippen MR) is 84.1 cm³/mol. The highest BCUT2D eigenvalue weighted by Crippen LogP contribution is 2.85. The van der Waals surface area contributed by atoms with Crippen LogP contribution in [0, 0.1) is 29.6 Å². The largest absolute Gasteiger partial charge is 0.262 e. The highest BCUT2D eigenvalue weighted by Gasteiger charge is 2.94. The fourth-order valence-corrected chi connectivity index (χ4v) is 7.83. The molecule has 0 heterocycles. The topological polar surface area (TPSA) is 34.1 Å². The number of sulfone groups is 1. The number of hydrogen-bond acceptors (Lipinski definition) is 2. The number of allylic oxidation sites excluding steroid dienone is 2. The molecule has 0 aliphatic heterocycles. The van der Waals surface area contributed by atoms with Gasteiger partial charge in [0.2, 0.25) is 0 Å². The lowest BCUT2D eigenvalue weighted by atomic mass is 9.82. The highest BCUT2D eigenvalue weighted by molar-refractivity contribution is 7.92. The smallest absolute Gasteiger partial charge is 0.223 e. The van der Waals surface area contributed by atoms with Crippen LogP contribution in [0.15, 0.2) is 41.3 Å². The molecular formula is C18H20F2O2S. The third-order valence-corrected chi connectivity index (χ3v) is 8.82. The van der Waals surface area contributed by atoms with Gasteiger partial charge in [0.05, 0.1) is 15.6 Å². The molecule has 2 fully saturated rings. The van der Waals surface area contributed by atoms with Crippen molar-refractivity contribution in [3.8, 4) is 0 Å². The van der Waals surface area contributed by atoms with Gasteiger partial charge in [0.1, 0.15) is 0 Å². The molecule has 0 radical (unpaired) electrons. The second-order valence-electron chi connectivity index (χ2n) is 7.74. The molecule has 0 saturated heterocycles. The van der Waals surface area contributed by atoms with E-state index >= 15 is 0 Å². The Bertz CT molecular complexity index is 792. The van der Waals surface area contributed by atoms with Crippen molar-refractivity contribution in [3.63, 3.8) is 0 Å². The second-order valence-corrected chi connectivity index (χ2v) is 9.81. The average molecular weight is 338 g/mol. The number of rotatable bonds is 2. The molecule has 1 aromatic carbocycles. The van der Waals surface area contributed by atoms with E-state index in [2.05, 4.69) is 0 Å². The van der Waals surface area contributed by atoms with Crippen LogP contribution < -0.4 is 0 Å². The van der Waals surface area contributed by atoms with Gasteiger partial charge in [-0.05, 0) is 37.3 Å². The van der Waals surface area contributed by atoms with E-state index in [1.165, 1.54) is 13.8 Å². The number of fused-ring (bicyclic) bond motifs is 3. The van der Waals surface area contributed by atoms with E-state index in [9.17, 15) is 17.2 Å². The number of alkyl halides is 2. The molecule has 0 amide bonds. The molecule has 23 heavy (non-hydrogen) atoms. The Morgan fingerprint density at radius 2 is 1.65 bits per heavy atom. The Labute approximate surface area is 135 Å². The van der Waals surface area contributed by atoms with Crippen LogP contribution in [0.25, 0.3) is 0 Å². The molecule has 4 rings (SSSR count). The summed E-state index contributed by atoms with van der Waals surface area (Å²) in [6.45, 7) is 4.90. The summed E-state index contributed by atoms with van der Waals surface area (Å²) in [5, 5.41) is -1.03. The summed E-state index contributed by atoms with van der Waals surface area (Å²) in [6, 6.07) is 6.53. The minimum Gasteiger partial charge on any atom is -0.223 e. The van der Waals surface area contributed by atoms with Crippen molar-refractivity contribution in [1.29, 1.82) is 0 Å². The van der Waals surface area contributed by atoms with Crippen molar-refractivity contribution < 1.29 is 17.2 Å². The van der Waals surface area contributed by atoms with Crippen LogP contribution in [0.1, 0.15) is 25.8 Å². The monoisotopic (exact) mass is 338 g/mol. The van der Waals surface area contributed by atoms with Crippen molar-refractivity contribution >= 4 is 9.84 Å². The maximum atomic E-state index is 14.8. The number of aryl methyl sites for hydroxylation is 1. The Hall–Kier alpha value is -1.23. The quantitative estimate of drug-likeness (QED) is 0.764. The zero-order valence-corrected chi connectivity index (χ0v) is 14.2. The number of halogens is 2. The first-order valence-corrected chi connectivity index (χ1v) is 9.50. The van der Waals surface area contributed by atoms with Gasteiger partial charge in [-0.15, -0.1) is 0 Å². The van der Waals surface area contributed by atoms with Gasteiger partial charge in [0, 0.05) is 5.41 Å². The first-order valence-electron chi connectivity index (χ1n) is 7.95. The Kier molecular flexibility index (Phi) is 2.70. The molecule has 2 bridgehead atoms. The Morgan fingerprint density at radius 1 is 1.09 bits per heavy atom. The summed E-state index contributed by atoms with van der Waals surface area (Å²) in [4.78, 5) is 0.159. The molecule has 3 aliphatic rings. The lowest BCUT2D eigenvalue weighted by molar-refractivity contribution is 0.0420. The maximum Gasteiger partial charge on any atom is 0.262 e. The highest BCUT2D eigenvalue weighted by atomic mass is 32.2. The predicted octanol–water partition coefficient (Wildman–Crippen LogP) is 4.00. The summed E-state index contributed by atoms with van der Waals surface area (Å²) in [5.74, 6) is -3.60. The molecule has 5 heteroatoms. The van der Waals surface area contributed by atoms with Crippen LogP contribution in [0.3, 0.4) is 0 Å². The van der Waals surface area contributed by atoms with Crippen molar-refractivity contribution in [3.05, 3.63) is 42.0 Å². The molecule has 1 spiro atoms. The number of benzene rings is 1. The van der Waals surface area contributed by atoms with E-state index in [4.69, 9.17) is 0 Å².